The maximum absolute atomic E-state index is 10.8. The second kappa shape index (κ2) is 5.67. The number of rotatable bonds is 3. The van der Waals surface area contributed by atoms with Crippen LogP contribution in [0.25, 0.3) is 0 Å². The summed E-state index contributed by atoms with van der Waals surface area (Å²) in [6.07, 6.45) is 0.764. The van der Waals surface area contributed by atoms with Gasteiger partial charge in [-0.2, -0.15) is 0 Å². The highest BCUT2D eigenvalue weighted by Crippen LogP contribution is 2.23. The molecule has 0 heterocycles. The summed E-state index contributed by atoms with van der Waals surface area (Å²) in [7, 11) is 0. The average Bonchev–Trinajstić information content (AvgIpc) is 2.31. The van der Waals surface area contributed by atoms with Gasteiger partial charge in [-0.3, -0.25) is 0 Å². The van der Waals surface area contributed by atoms with Crippen LogP contribution in [0.2, 0.25) is 0 Å². The van der Waals surface area contributed by atoms with Gasteiger partial charge < -0.3 is 5.11 Å². The number of hydrogen-bond donors (Lipinski definition) is 1. The van der Waals surface area contributed by atoms with Gasteiger partial charge in [-0.05, 0) is 41.8 Å². The molecule has 0 saturated heterocycles. The van der Waals surface area contributed by atoms with Crippen molar-refractivity contribution >= 4 is 37.8 Å². The van der Waals surface area contributed by atoms with E-state index in [0.29, 0.717) is 5.56 Å². The Hall–Kier alpha value is -1.13. The topological polar surface area (TPSA) is 37.3 Å². The molecule has 2 aromatic carbocycles. The van der Waals surface area contributed by atoms with Gasteiger partial charge >= 0.3 is 5.97 Å². The fraction of sp³-hybridized carbons (Fsp3) is 0.0714. The van der Waals surface area contributed by atoms with Crippen molar-refractivity contribution in [1.82, 2.24) is 0 Å². The first kappa shape index (κ1) is 13.3. The Morgan fingerprint density at radius 1 is 1.11 bits per heavy atom. The summed E-state index contributed by atoms with van der Waals surface area (Å²) in [5, 5.41) is 8.90. The van der Waals surface area contributed by atoms with E-state index in [9.17, 15) is 4.79 Å². The molecule has 92 valence electrons. The van der Waals surface area contributed by atoms with Crippen molar-refractivity contribution in [2.45, 2.75) is 6.42 Å². The van der Waals surface area contributed by atoms with Crippen molar-refractivity contribution in [3.8, 4) is 0 Å². The number of hydrogen-bond acceptors (Lipinski definition) is 1. The molecule has 2 nitrogen and oxygen atoms in total. The Kier molecular flexibility index (Phi) is 4.19. The fourth-order valence-electron chi connectivity index (χ4n) is 1.69. The van der Waals surface area contributed by atoms with Gasteiger partial charge in [0.1, 0.15) is 0 Å². The lowest BCUT2D eigenvalue weighted by molar-refractivity contribution is 0.0697. The molecular weight excluding hydrogens is 360 g/mol. The van der Waals surface area contributed by atoms with Crippen LogP contribution < -0.4 is 0 Å². The predicted octanol–water partition coefficient (Wildman–Crippen LogP) is 4.50. The van der Waals surface area contributed by atoms with E-state index in [-0.39, 0.29) is 0 Å². The Balaban J connectivity index is 2.27. The Morgan fingerprint density at radius 2 is 1.89 bits per heavy atom. The molecule has 18 heavy (non-hydrogen) atoms. The van der Waals surface area contributed by atoms with Gasteiger partial charge in [-0.15, -0.1) is 0 Å². The molecule has 0 amide bonds. The van der Waals surface area contributed by atoms with Crippen LogP contribution in [0.15, 0.2) is 51.4 Å². The lowest BCUT2D eigenvalue weighted by Gasteiger charge is -2.06. The number of carboxylic acids is 1. The number of carboxylic acid groups (broad SMARTS) is 1. The standard InChI is InChI=1S/C14H10Br2O2/c15-12-3-1-2-9(7-12)6-10-4-5-11(14(17)18)8-13(10)16/h1-5,7-8H,6H2,(H,17,18). The molecule has 2 rings (SSSR count). The minimum atomic E-state index is -0.912. The molecule has 0 aliphatic carbocycles. The van der Waals surface area contributed by atoms with Crippen molar-refractivity contribution < 1.29 is 9.90 Å². The van der Waals surface area contributed by atoms with Crippen molar-refractivity contribution in [1.29, 1.82) is 0 Å². The molecule has 0 radical (unpaired) electrons. The van der Waals surface area contributed by atoms with E-state index in [2.05, 4.69) is 37.9 Å². The minimum Gasteiger partial charge on any atom is -0.478 e. The van der Waals surface area contributed by atoms with E-state index in [1.54, 1.807) is 12.1 Å². The summed E-state index contributed by atoms with van der Waals surface area (Å²) in [6.45, 7) is 0. The molecule has 0 aliphatic heterocycles. The van der Waals surface area contributed by atoms with Crippen LogP contribution in [0.5, 0.6) is 0 Å². The molecule has 0 atom stereocenters. The third-order valence-electron chi connectivity index (χ3n) is 2.58. The van der Waals surface area contributed by atoms with Gasteiger partial charge in [-0.1, -0.05) is 50.1 Å². The molecule has 0 spiro atoms. The SMILES string of the molecule is O=C(O)c1ccc(Cc2cccc(Br)c2)c(Br)c1. The van der Waals surface area contributed by atoms with Crippen molar-refractivity contribution in [2.75, 3.05) is 0 Å². The highest BCUT2D eigenvalue weighted by Gasteiger charge is 2.07. The van der Waals surface area contributed by atoms with Crippen LogP contribution in [-0.4, -0.2) is 11.1 Å². The Bertz CT molecular complexity index is 594. The third kappa shape index (κ3) is 3.21. The first-order chi connectivity index (χ1) is 8.56. The number of halogens is 2. The molecule has 2 aromatic rings. The molecule has 0 bridgehead atoms. The van der Waals surface area contributed by atoms with Gasteiger partial charge in [-0.25, -0.2) is 4.79 Å². The van der Waals surface area contributed by atoms with E-state index < -0.39 is 5.97 Å². The highest BCUT2D eigenvalue weighted by atomic mass is 79.9. The third-order valence-corrected chi connectivity index (χ3v) is 3.82. The van der Waals surface area contributed by atoms with Crippen LogP contribution in [0.1, 0.15) is 21.5 Å². The number of aromatic carboxylic acids is 1. The molecular formula is C14H10Br2O2. The summed E-state index contributed by atoms with van der Waals surface area (Å²) >= 11 is 6.85. The van der Waals surface area contributed by atoms with Crippen LogP contribution in [0.4, 0.5) is 0 Å². The predicted molar refractivity (Wildman–Crippen MR) is 78.0 cm³/mol. The molecule has 1 N–H and O–H groups in total. The molecule has 0 aliphatic rings. The van der Waals surface area contributed by atoms with E-state index >= 15 is 0 Å². The minimum absolute atomic E-state index is 0.292. The summed E-state index contributed by atoms with van der Waals surface area (Å²) in [4.78, 5) is 10.8. The van der Waals surface area contributed by atoms with Gasteiger partial charge in [0.05, 0.1) is 5.56 Å². The van der Waals surface area contributed by atoms with E-state index in [1.807, 2.05) is 24.3 Å². The molecule has 4 heteroatoms. The monoisotopic (exact) mass is 368 g/mol. The first-order valence-electron chi connectivity index (χ1n) is 5.32. The van der Waals surface area contributed by atoms with Crippen LogP contribution in [-0.2, 0) is 6.42 Å². The lowest BCUT2D eigenvalue weighted by atomic mass is 10.0. The zero-order valence-corrected chi connectivity index (χ0v) is 12.5. The quantitative estimate of drug-likeness (QED) is 0.864. The summed E-state index contributed by atoms with van der Waals surface area (Å²) in [5.74, 6) is -0.912. The van der Waals surface area contributed by atoms with Gasteiger partial charge in [0.2, 0.25) is 0 Å². The smallest absolute Gasteiger partial charge is 0.335 e. The van der Waals surface area contributed by atoms with Gasteiger partial charge in [0.25, 0.3) is 0 Å². The van der Waals surface area contributed by atoms with Crippen LogP contribution in [0.3, 0.4) is 0 Å². The summed E-state index contributed by atoms with van der Waals surface area (Å²) in [6, 6.07) is 13.2. The summed E-state index contributed by atoms with van der Waals surface area (Å²) < 4.78 is 1.86. The van der Waals surface area contributed by atoms with E-state index in [4.69, 9.17) is 5.11 Å². The van der Waals surface area contributed by atoms with E-state index in [0.717, 1.165) is 20.9 Å². The maximum Gasteiger partial charge on any atom is 0.335 e. The number of benzene rings is 2. The van der Waals surface area contributed by atoms with Crippen LogP contribution >= 0.6 is 31.9 Å². The largest absolute Gasteiger partial charge is 0.478 e. The van der Waals surface area contributed by atoms with E-state index in [1.165, 1.54) is 5.56 Å². The molecule has 0 unspecified atom stereocenters. The lowest BCUT2D eigenvalue weighted by Crippen LogP contribution is -1.98. The maximum atomic E-state index is 10.8. The zero-order valence-electron chi connectivity index (χ0n) is 9.36. The fourth-order valence-corrected chi connectivity index (χ4v) is 2.66. The van der Waals surface area contributed by atoms with Crippen molar-refractivity contribution in [3.05, 3.63) is 68.1 Å². The zero-order chi connectivity index (χ0) is 13.1. The number of carbonyl (C=O) groups is 1. The van der Waals surface area contributed by atoms with Crippen LogP contribution in [0, 0.1) is 0 Å². The first-order valence-corrected chi connectivity index (χ1v) is 6.91. The molecule has 0 aromatic heterocycles. The molecule has 0 fully saturated rings. The second-order valence-corrected chi connectivity index (χ2v) is 5.69. The Labute approximate surface area is 122 Å². The molecule has 0 saturated carbocycles. The van der Waals surface area contributed by atoms with Gasteiger partial charge in [0.15, 0.2) is 0 Å². The van der Waals surface area contributed by atoms with Crippen molar-refractivity contribution in [3.63, 3.8) is 0 Å². The Morgan fingerprint density at radius 3 is 2.50 bits per heavy atom. The average molecular weight is 370 g/mol. The normalized spacial score (nSPS) is 10.3. The second-order valence-electron chi connectivity index (χ2n) is 3.92. The summed E-state index contributed by atoms with van der Waals surface area (Å²) in [5.41, 5.74) is 2.53. The van der Waals surface area contributed by atoms with Gasteiger partial charge in [0, 0.05) is 8.95 Å². The highest BCUT2D eigenvalue weighted by molar-refractivity contribution is 9.10. The van der Waals surface area contributed by atoms with Crippen molar-refractivity contribution in [2.24, 2.45) is 0 Å².